The zero-order chi connectivity index (χ0) is 13.5. The van der Waals surface area contributed by atoms with Gasteiger partial charge in [0.1, 0.15) is 12.4 Å². The van der Waals surface area contributed by atoms with Gasteiger partial charge < -0.3 is 10.1 Å². The van der Waals surface area contributed by atoms with E-state index in [1.165, 1.54) is 6.92 Å². The first-order chi connectivity index (χ1) is 8.52. The van der Waals surface area contributed by atoms with Gasteiger partial charge in [0.05, 0.1) is 0 Å². The Labute approximate surface area is 107 Å². The van der Waals surface area contributed by atoms with Crippen molar-refractivity contribution in [2.24, 2.45) is 5.92 Å². The molecule has 1 atom stereocenters. The molecule has 1 unspecified atom stereocenters. The molecule has 1 amide bonds. The van der Waals surface area contributed by atoms with Gasteiger partial charge in [0, 0.05) is 18.5 Å². The Balaban J connectivity index is 2.49. The topological polar surface area (TPSA) is 55.4 Å². The van der Waals surface area contributed by atoms with E-state index in [9.17, 15) is 9.59 Å². The van der Waals surface area contributed by atoms with Crippen LogP contribution in [0.5, 0.6) is 5.75 Å². The van der Waals surface area contributed by atoms with Gasteiger partial charge in [0.2, 0.25) is 5.91 Å². The Morgan fingerprint density at radius 2 is 1.89 bits per heavy atom. The summed E-state index contributed by atoms with van der Waals surface area (Å²) >= 11 is 0. The lowest BCUT2D eigenvalue weighted by atomic mass is 10.1. The van der Waals surface area contributed by atoms with E-state index in [1.54, 1.807) is 24.3 Å². The fourth-order valence-corrected chi connectivity index (χ4v) is 1.36. The van der Waals surface area contributed by atoms with Crippen LogP contribution in [0.15, 0.2) is 24.3 Å². The SMILES string of the molecule is CCC(C)C(=O)COc1ccc(NC(C)=O)cc1. The van der Waals surface area contributed by atoms with Gasteiger partial charge in [-0.15, -0.1) is 0 Å². The van der Waals surface area contributed by atoms with E-state index in [0.717, 1.165) is 6.42 Å². The number of carbonyl (C=O) groups is 2. The minimum Gasteiger partial charge on any atom is -0.486 e. The van der Waals surface area contributed by atoms with Crippen LogP contribution in [0, 0.1) is 5.92 Å². The molecule has 0 aromatic heterocycles. The molecule has 18 heavy (non-hydrogen) atoms. The lowest BCUT2D eigenvalue weighted by molar-refractivity contribution is -0.124. The fourth-order valence-electron chi connectivity index (χ4n) is 1.36. The second-order valence-electron chi connectivity index (χ2n) is 4.27. The summed E-state index contributed by atoms with van der Waals surface area (Å²) in [6.07, 6.45) is 0.823. The van der Waals surface area contributed by atoms with E-state index >= 15 is 0 Å². The molecule has 1 aromatic carbocycles. The summed E-state index contributed by atoms with van der Waals surface area (Å²) in [6.45, 7) is 5.42. The second-order valence-corrected chi connectivity index (χ2v) is 4.27. The molecule has 1 rings (SSSR count). The minimum absolute atomic E-state index is 0.0312. The molecule has 0 aliphatic carbocycles. The van der Waals surface area contributed by atoms with E-state index < -0.39 is 0 Å². The number of hydrogen-bond donors (Lipinski definition) is 1. The number of benzene rings is 1. The van der Waals surface area contributed by atoms with Gasteiger partial charge in [-0.25, -0.2) is 0 Å². The predicted octanol–water partition coefficient (Wildman–Crippen LogP) is 2.64. The Morgan fingerprint density at radius 3 is 2.39 bits per heavy atom. The van der Waals surface area contributed by atoms with Crippen molar-refractivity contribution in [3.8, 4) is 5.75 Å². The van der Waals surface area contributed by atoms with Gasteiger partial charge in [-0.2, -0.15) is 0 Å². The fraction of sp³-hybridized carbons (Fsp3) is 0.429. The predicted molar refractivity (Wildman–Crippen MR) is 70.7 cm³/mol. The molecule has 4 nitrogen and oxygen atoms in total. The molecular weight excluding hydrogens is 230 g/mol. The van der Waals surface area contributed by atoms with E-state index in [0.29, 0.717) is 11.4 Å². The summed E-state index contributed by atoms with van der Waals surface area (Å²) in [6, 6.07) is 6.94. The normalized spacial score (nSPS) is 11.7. The van der Waals surface area contributed by atoms with Gasteiger partial charge in [-0.05, 0) is 30.7 Å². The number of ether oxygens (including phenoxy) is 1. The lowest BCUT2D eigenvalue weighted by Crippen LogP contribution is -2.18. The quantitative estimate of drug-likeness (QED) is 0.843. The lowest BCUT2D eigenvalue weighted by Gasteiger charge is -2.09. The molecule has 1 N–H and O–H groups in total. The summed E-state index contributed by atoms with van der Waals surface area (Å²) in [5.74, 6) is 0.642. The number of ketones is 1. The number of amides is 1. The van der Waals surface area contributed by atoms with Crippen LogP contribution in [0.1, 0.15) is 27.2 Å². The smallest absolute Gasteiger partial charge is 0.221 e. The van der Waals surface area contributed by atoms with Crippen LogP contribution < -0.4 is 10.1 Å². The molecule has 0 fully saturated rings. The molecule has 4 heteroatoms. The molecule has 0 radical (unpaired) electrons. The third-order valence-electron chi connectivity index (χ3n) is 2.72. The number of hydrogen-bond acceptors (Lipinski definition) is 3. The van der Waals surface area contributed by atoms with Gasteiger partial charge in [0.15, 0.2) is 5.78 Å². The van der Waals surface area contributed by atoms with Crippen LogP contribution in [0.2, 0.25) is 0 Å². The maximum Gasteiger partial charge on any atom is 0.221 e. The Bertz CT molecular complexity index is 412. The average Bonchev–Trinajstić information content (AvgIpc) is 2.36. The monoisotopic (exact) mass is 249 g/mol. The van der Waals surface area contributed by atoms with Crippen molar-refractivity contribution in [3.63, 3.8) is 0 Å². The zero-order valence-corrected chi connectivity index (χ0v) is 11.0. The Morgan fingerprint density at radius 1 is 1.28 bits per heavy atom. The highest BCUT2D eigenvalue weighted by molar-refractivity contribution is 5.88. The molecule has 1 aromatic rings. The van der Waals surface area contributed by atoms with Crippen LogP contribution in [-0.4, -0.2) is 18.3 Å². The molecule has 0 aliphatic rings. The van der Waals surface area contributed by atoms with Crippen LogP contribution in [0.3, 0.4) is 0 Å². The molecule has 0 bridgehead atoms. The second kappa shape index (κ2) is 6.79. The number of Topliss-reactive ketones (excluding diaryl/α,β-unsaturated/α-hetero) is 1. The third-order valence-corrected chi connectivity index (χ3v) is 2.72. The first-order valence-electron chi connectivity index (χ1n) is 6.06. The third kappa shape index (κ3) is 4.57. The molecule has 98 valence electrons. The van der Waals surface area contributed by atoms with Gasteiger partial charge in [0.25, 0.3) is 0 Å². The summed E-state index contributed by atoms with van der Waals surface area (Å²) < 4.78 is 5.39. The Kier molecular flexibility index (Phi) is 5.36. The zero-order valence-electron chi connectivity index (χ0n) is 11.0. The van der Waals surface area contributed by atoms with E-state index in [4.69, 9.17) is 4.74 Å². The van der Waals surface area contributed by atoms with Crippen molar-refractivity contribution in [3.05, 3.63) is 24.3 Å². The van der Waals surface area contributed by atoms with Crippen molar-refractivity contribution in [2.75, 3.05) is 11.9 Å². The number of anilines is 1. The van der Waals surface area contributed by atoms with Crippen molar-refractivity contribution >= 4 is 17.4 Å². The maximum atomic E-state index is 11.6. The van der Waals surface area contributed by atoms with E-state index in [-0.39, 0.29) is 24.2 Å². The number of nitrogens with one attached hydrogen (secondary N) is 1. The van der Waals surface area contributed by atoms with Crippen molar-refractivity contribution in [1.82, 2.24) is 0 Å². The Hall–Kier alpha value is -1.84. The molecular formula is C14H19NO3. The first kappa shape index (κ1) is 14.2. The maximum absolute atomic E-state index is 11.6. The van der Waals surface area contributed by atoms with Crippen LogP contribution in [0.25, 0.3) is 0 Å². The van der Waals surface area contributed by atoms with Gasteiger partial charge in [-0.3, -0.25) is 9.59 Å². The minimum atomic E-state index is -0.115. The van der Waals surface area contributed by atoms with Crippen molar-refractivity contribution in [2.45, 2.75) is 27.2 Å². The molecule has 0 heterocycles. The highest BCUT2D eigenvalue weighted by Crippen LogP contribution is 2.16. The van der Waals surface area contributed by atoms with Crippen LogP contribution in [0.4, 0.5) is 5.69 Å². The standard InChI is InChI=1S/C14H19NO3/c1-4-10(2)14(17)9-18-13-7-5-12(6-8-13)15-11(3)16/h5-8,10H,4,9H2,1-3H3,(H,15,16). The summed E-state index contributed by atoms with van der Waals surface area (Å²) in [7, 11) is 0. The highest BCUT2D eigenvalue weighted by Gasteiger charge is 2.11. The highest BCUT2D eigenvalue weighted by atomic mass is 16.5. The van der Waals surface area contributed by atoms with Crippen LogP contribution >= 0.6 is 0 Å². The molecule has 0 saturated carbocycles. The summed E-state index contributed by atoms with van der Waals surface area (Å²) in [4.78, 5) is 22.4. The van der Waals surface area contributed by atoms with E-state index in [1.807, 2.05) is 13.8 Å². The molecule has 0 spiro atoms. The molecule has 0 aliphatic heterocycles. The van der Waals surface area contributed by atoms with Gasteiger partial charge >= 0.3 is 0 Å². The largest absolute Gasteiger partial charge is 0.486 e. The first-order valence-corrected chi connectivity index (χ1v) is 6.06. The van der Waals surface area contributed by atoms with Crippen molar-refractivity contribution < 1.29 is 14.3 Å². The number of carbonyl (C=O) groups excluding carboxylic acids is 2. The summed E-state index contributed by atoms with van der Waals surface area (Å²) in [5.41, 5.74) is 0.711. The number of rotatable bonds is 6. The van der Waals surface area contributed by atoms with Gasteiger partial charge in [-0.1, -0.05) is 13.8 Å². The molecule has 0 saturated heterocycles. The van der Waals surface area contributed by atoms with E-state index in [2.05, 4.69) is 5.32 Å². The average molecular weight is 249 g/mol. The van der Waals surface area contributed by atoms with Crippen LogP contribution in [-0.2, 0) is 9.59 Å². The summed E-state index contributed by atoms with van der Waals surface area (Å²) in [5, 5.41) is 2.66. The van der Waals surface area contributed by atoms with Crippen molar-refractivity contribution in [1.29, 1.82) is 0 Å².